The molecule has 1 aliphatic rings. The Morgan fingerprint density at radius 1 is 1.35 bits per heavy atom. The fourth-order valence-electron chi connectivity index (χ4n) is 1.73. The lowest BCUT2D eigenvalue weighted by molar-refractivity contribution is 0.234. The number of thioether (sulfide) groups is 1. The first-order chi connectivity index (χ1) is 8.16. The van der Waals surface area contributed by atoms with Crippen LogP contribution in [0.15, 0.2) is 12.1 Å². The molecule has 1 fully saturated rings. The number of ether oxygens (including phenoxy) is 1. The monoisotopic (exact) mass is 253 g/mol. The molecule has 4 nitrogen and oxygen atoms in total. The van der Waals surface area contributed by atoms with Gasteiger partial charge in [0.15, 0.2) is 0 Å². The summed E-state index contributed by atoms with van der Waals surface area (Å²) >= 11 is 1.99. The third-order valence-electron chi connectivity index (χ3n) is 2.56. The zero-order chi connectivity index (χ0) is 12.3. The van der Waals surface area contributed by atoms with E-state index in [0.29, 0.717) is 11.6 Å². The predicted molar refractivity (Wildman–Crippen MR) is 74.0 cm³/mol. The summed E-state index contributed by atoms with van der Waals surface area (Å²) in [5.74, 6) is 3.84. The summed E-state index contributed by atoms with van der Waals surface area (Å²) in [6.45, 7) is 6.04. The highest BCUT2D eigenvalue weighted by molar-refractivity contribution is 7.99. The van der Waals surface area contributed by atoms with Gasteiger partial charge in [0.05, 0.1) is 11.8 Å². The van der Waals surface area contributed by atoms with Crippen LogP contribution in [0.25, 0.3) is 0 Å². The minimum atomic E-state index is 0.0944. The Hall–Kier alpha value is -1.10. The van der Waals surface area contributed by atoms with Crippen LogP contribution in [0.5, 0.6) is 5.88 Å². The minimum absolute atomic E-state index is 0.0944. The molecule has 1 saturated heterocycles. The van der Waals surface area contributed by atoms with E-state index in [4.69, 9.17) is 10.5 Å². The summed E-state index contributed by atoms with van der Waals surface area (Å²) in [6.07, 6.45) is 0.0944. The van der Waals surface area contributed by atoms with Crippen molar-refractivity contribution in [1.29, 1.82) is 0 Å². The SMILES string of the molecule is CC(C)Oc1nc(N2CCSCC2)ccc1N. The minimum Gasteiger partial charge on any atom is -0.473 e. The Kier molecular flexibility index (Phi) is 3.99. The maximum Gasteiger partial charge on any atom is 0.239 e. The normalized spacial score (nSPS) is 16.3. The molecule has 0 aromatic carbocycles. The second-order valence-corrected chi connectivity index (χ2v) is 5.55. The quantitative estimate of drug-likeness (QED) is 0.893. The van der Waals surface area contributed by atoms with Crippen LogP contribution in [0, 0.1) is 0 Å². The van der Waals surface area contributed by atoms with Gasteiger partial charge in [-0.3, -0.25) is 0 Å². The Balaban J connectivity index is 2.17. The summed E-state index contributed by atoms with van der Waals surface area (Å²) in [5.41, 5.74) is 6.46. The Labute approximate surface area is 107 Å². The molecule has 2 heterocycles. The molecule has 0 unspecified atom stereocenters. The summed E-state index contributed by atoms with van der Waals surface area (Å²) in [4.78, 5) is 6.79. The van der Waals surface area contributed by atoms with Gasteiger partial charge in [0.25, 0.3) is 0 Å². The van der Waals surface area contributed by atoms with E-state index in [1.165, 1.54) is 0 Å². The molecule has 0 amide bonds. The molecule has 1 aliphatic heterocycles. The number of anilines is 2. The summed E-state index contributed by atoms with van der Waals surface area (Å²) in [7, 11) is 0. The van der Waals surface area contributed by atoms with E-state index in [-0.39, 0.29) is 6.10 Å². The van der Waals surface area contributed by atoms with Crippen molar-refractivity contribution < 1.29 is 4.74 Å². The number of nitrogens with two attached hydrogens (primary N) is 1. The van der Waals surface area contributed by atoms with Gasteiger partial charge in [-0.15, -0.1) is 0 Å². The molecule has 0 bridgehead atoms. The van der Waals surface area contributed by atoms with Gasteiger partial charge in [-0.05, 0) is 26.0 Å². The largest absolute Gasteiger partial charge is 0.473 e. The van der Waals surface area contributed by atoms with E-state index < -0.39 is 0 Å². The lowest BCUT2D eigenvalue weighted by Crippen LogP contribution is -2.33. The number of rotatable bonds is 3. The van der Waals surface area contributed by atoms with Gasteiger partial charge in [0.1, 0.15) is 5.82 Å². The van der Waals surface area contributed by atoms with Gasteiger partial charge in [0, 0.05) is 24.6 Å². The van der Waals surface area contributed by atoms with E-state index in [2.05, 4.69) is 9.88 Å². The maximum absolute atomic E-state index is 5.86. The van der Waals surface area contributed by atoms with Gasteiger partial charge in [0.2, 0.25) is 5.88 Å². The van der Waals surface area contributed by atoms with Crippen molar-refractivity contribution in [2.75, 3.05) is 35.2 Å². The first-order valence-electron chi connectivity index (χ1n) is 5.92. The third-order valence-corrected chi connectivity index (χ3v) is 3.50. The first kappa shape index (κ1) is 12.4. The van der Waals surface area contributed by atoms with E-state index in [1.807, 2.05) is 37.7 Å². The standard InChI is InChI=1S/C12H19N3OS/c1-9(2)16-12-10(13)3-4-11(14-12)15-5-7-17-8-6-15/h3-4,9H,5-8,13H2,1-2H3. The van der Waals surface area contributed by atoms with Crippen molar-refractivity contribution in [2.24, 2.45) is 0 Å². The van der Waals surface area contributed by atoms with Crippen LogP contribution in [-0.4, -0.2) is 35.7 Å². The highest BCUT2D eigenvalue weighted by Crippen LogP contribution is 2.25. The van der Waals surface area contributed by atoms with Crippen LogP contribution in [0.4, 0.5) is 11.5 Å². The van der Waals surface area contributed by atoms with E-state index in [9.17, 15) is 0 Å². The molecule has 94 valence electrons. The van der Waals surface area contributed by atoms with Crippen molar-refractivity contribution in [3.8, 4) is 5.88 Å². The summed E-state index contributed by atoms with van der Waals surface area (Å²) < 4.78 is 5.61. The topological polar surface area (TPSA) is 51.4 Å². The van der Waals surface area contributed by atoms with E-state index in [1.54, 1.807) is 0 Å². The third kappa shape index (κ3) is 3.19. The van der Waals surface area contributed by atoms with Crippen molar-refractivity contribution in [3.63, 3.8) is 0 Å². The van der Waals surface area contributed by atoms with Gasteiger partial charge in [-0.2, -0.15) is 16.7 Å². The molecule has 0 saturated carbocycles. The molecule has 0 spiro atoms. The molecule has 0 aliphatic carbocycles. The predicted octanol–water partition coefficient (Wildman–Crippen LogP) is 2.00. The fourth-order valence-corrected chi connectivity index (χ4v) is 2.63. The fraction of sp³-hybridized carbons (Fsp3) is 0.583. The number of hydrogen-bond acceptors (Lipinski definition) is 5. The van der Waals surface area contributed by atoms with Crippen LogP contribution in [0.2, 0.25) is 0 Å². The zero-order valence-corrected chi connectivity index (χ0v) is 11.2. The second-order valence-electron chi connectivity index (χ2n) is 4.33. The van der Waals surface area contributed by atoms with Crippen molar-refractivity contribution in [2.45, 2.75) is 20.0 Å². The summed E-state index contributed by atoms with van der Waals surface area (Å²) in [5, 5.41) is 0. The van der Waals surface area contributed by atoms with E-state index >= 15 is 0 Å². The number of hydrogen-bond donors (Lipinski definition) is 1. The van der Waals surface area contributed by atoms with Gasteiger partial charge >= 0.3 is 0 Å². The van der Waals surface area contributed by atoms with Crippen LogP contribution in [0.1, 0.15) is 13.8 Å². The van der Waals surface area contributed by atoms with Gasteiger partial charge in [-0.1, -0.05) is 0 Å². The van der Waals surface area contributed by atoms with E-state index in [0.717, 1.165) is 30.4 Å². The molecular formula is C12H19N3OS. The van der Waals surface area contributed by atoms with Crippen LogP contribution < -0.4 is 15.4 Å². The molecular weight excluding hydrogens is 234 g/mol. The molecule has 1 aromatic rings. The van der Waals surface area contributed by atoms with Crippen molar-refractivity contribution in [3.05, 3.63) is 12.1 Å². The Bertz CT molecular complexity index is 378. The molecule has 17 heavy (non-hydrogen) atoms. The average molecular weight is 253 g/mol. The molecule has 0 radical (unpaired) electrons. The second kappa shape index (κ2) is 5.49. The molecule has 5 heteroatoms. The van der Waals surface area contributed by atoms with Crippen LogP contribution >= 0.6 is 11.8 Å². The Morgan fingerprint density at radius 2 is 2.06 bits per heavy atom. The molecule has 2 rings (SSSR count). The zero-order valence-electron chi connectivity index (χ0n) is 10.3. The average Bonchev–Trinajstić information content (AvgIpc) is 2.32. The molecule has 2 N–H and O–H groups in total. The smallest absolute Gasteiger partial charge is 0.239 e. The van der Waals surface area contributed by atoms with Crippen molar-refractivity contribution in [1.82, 2.24) is 4.98 Å². The number of aromatic nitrogens is 1. The van der Waals surface area contributed by atoms with Gasteiger partial charge < -0.3 is 15.4 Å². The Morgan fingerprint density at radius 3 is 2.71 bits per heavy atom. The van der Waals surface area contributed by atoms with Crippen LogP contribution in [0.3, 0.4) is 0 Å². The highest BCUT2D eigenvalue weighted by atomic mass is 32.2. The van der Waals surface area contributed by atoms with Crippen molar-refractivity contribution >= 4 is 23.3 Å². The van der Waals surface area contributed by atoms with Crippen LogP contribution in [-0.2, 0) is 0 Å². The first-order valence-corrected chi connectivity index (χ1v) is 7.08. The number of pyridine rings is 1. The summed E-state index contributed by atoms with van der Waals surface area (Å²) in [6, 6.07) is 3.85. The maximum atomic E-state index is 5.86. The number of nitrogen functional groups attached to an aromatic ring is 1. The van der Waals surface area contributed by atoms with Gasteiger partial charge in [-0.25, -0.2) is 0 Å². The highest BCUT2D eigenvalue weighted by Gasteiger charge is 2.14. The molecule has 0 atom stereocenters. The number of nitrogens with zero attached hydrogens (tertiary/aromatic N) is 2. The molecule has 1 aromatic heterocycles. The lowest BCUT2D eigenvalue weighted by Gasteiger charge is -2.27. The lowest BCUT2D eigenvalue weighted by atomic mass is 10.3.